The standard InChI is InChI=1S/C59H114NO7P/c1-3-5-7-9-11-13-15-17-19-21-23-25-27-29-30-32-34-36-38-40-42-44-46-48-50-52-59(61)67-58(57-66-68(62,63)65-55-53-60)56-64-54-51-49-47-45-43-41-39-37-35-33-31-28-26-24-22-20-18-16-14-12-10-8-6-4-2/h15,17,21-24,58H,3-14,16,18-20,25-57,60H2,1-2H3,(H,62,63)/b17-15-,23-21-,24-22-. The van der Waals surface area contributed by atoms with Crippen molar-refractivity contribution in [2.75, 3.05) is 33.0 Å². The number of phosphoric acid groups is 1. The Kier molecular flexibility index (Phi) is 55.6. The van der Waals surface area contributed by atoms with Crippen LogP contribution >= 0.6 is 7.82 Å². The Morgan fingerprint density at radius 1 is 0.441 bits per heavy atom. The zero-order valence-corrected chi connectivity index (χ0v) is 46.0. The van der Waals surface area contributed by atoms with E-state index in [2.05, 4.69) is 50.3 Å². The molecule has 402 valence electrons. The van der Waals surface area contributed by atoms with Gasteiger partial charge in [0.25, 0.3) is 0 Å². The predicted molar refractivity (Wildman–Crippen MR) is 293 cm³/mol. The lowest BCUT2D eigenvalue weighted by Gasteiger charge is -2.20. The molecule has 3 N–H and O–H groups in total. The number of phosphoric ester groups is 1. The molecule has 2 atom stereocenters. The second-order valence-corrected chi connectivity index (χ2v) is 21.3. The monoisotopic (exact) mass is 980 g/mol. The molecule has 0 saturated heterocycles. The highest BCUT2D eigenvalue weighted by atomic mass is 31.2. The van der Waals surface area contributed by atoms with Crippen molar-refractivity contribution >= 4 is 13.8 Å². The van der Waals surface area contributed by atoms with Gasteiger partial charge in [0.2, 0.25) is 0 Å². The van der Waals surface area contributed by atoms with Crippen molar-refractivity contribution in [3.63, 3.8) is 0 Å². The maximum atomic E-state index is 12.7. The number of hydrogen-bond acceptors (Lipinski definition) is 7. The van der Waals surface area contributed by atoms with Gasteiger partial charge in [0.1, 0.15) is 6.10 Å². The SMILES string of the molecule is CCCCCCC/C=C\C/C=C\CCCCCCCCCCCCCCCC(=O)OC(COCCCCCCCCCCCCCC/C=C\CCCCCCCCCC)COP(=O)(O)OCCN. The summed E-state index contributed by atoms with van der Waals surface area (Å²) in [6, 6.07) is 0. The van der Waals surface area contributed by atoms with E-state index in [0.29, 0.717) is 13.0 Å². The van der Waals surface area contributed by atoms with Crippen LogP contribution in [-0.4, -0.2) is 49.9 Å². The molecule has 0 aliphatic carbocycles. The fraction of sp³-hybridized carbons (Fsp3) is 0.881. The third-order valence-electron chi connectivity index (χ3n) is 13.0. The molecule has 0 amide bonds. The van der Waals surface area contributed by atoms with E-state index >= 15 is 0 Å². The van der Waals surface area contributed by atoms with Gasteiger partial charge in [-0.25, -0.2) is 4.57 Å². The predicted octanol–water partition coefficient (Wildman–Crippen LogP) is 18.9. The van der Waals surface area contributed by atoms with Crippen LogP contribution in [0.1, 0.15) is 296 Å². The fourth-order valence-corrected chi connectivity index (χ4v) is 9.44. The zero-order valence-electron chi connectivity index (χ0n) is 45.1. The number of allylic oxidation sites excluding steroid dienone is 6. The Labute approximate surface area is 422 Å². The Morgan fingerprint density at radius 2 is 0.779 bits per heavy atom. The van der Waals surface area contributed by atoms with E-state index in [-0.39, 0.29) is 32.3 Å². The van der Waals surface area contributed by atoms with Crippen molar-refractivity contribution in [1.82, 2.24) is 0 Å². The summed E-state index contributed by atoms with van der Waals surface area (Å²) in [5.74, 6) is -0.326. The molecule has 2 unspecified atom stereocenters. The van der Waals surface area contributed by atoms with E-state index in [1.807, 2.05) is 0 Å². The van der Waals surface area contributed by atoms with Crippen LogP contribution in [0.4, 0.5) is 0 Å². The topological polar surface area (TPSA) is 117 Å². The van der Waals surface area contributed by atoms with Gasteiger partial charge in [-0.05, 0) is 70.6 Å². The summed E-state index contributed by atoms with van der Waals surface area (Å²) >= 11 is 0. The van der Waals surface area contributed by atoms with Gasteiger partial charge in [0.05, 0.1) is 19.8 Å². The van der Waals surface area contributed by atoms with Gasteiger partial charge in [-0.2, -0.15) is 0 Å². The van der Waals surface area contributed by atoms with E-state index < -0.39 is 13.9 Å². The van der Waals surface area contributed by atoms with Gasteiger partial charge in [-0.15, -0.1) is 0 Å². The van der Waals surface area contributed by atoms with E-state index in [0.717, 1.165) is 38.5 Å². The molecule has 68 heavy (non-hydrogen) atoms. The van der Waals surface area contributed by atoms with Gasteiger partial charge in [0, 0.05) is 19.6 Å². The molecule has 0 fully saturated rings. The Bertz CT molecular complexity index is 1150. The summed E-state index contributed by atoms with van der Waals surface area (Å²) in [5.41, 5.74) is 5.41. The molecule has 0 aromatic rings. The van der Waals surface area contributed by atoms with Gasteiger partial charge < -0.3 is 20.1 Å². The van der Waals surface area contributed by atoms with Crippen molar-refractivity contribution < 1.29 is 32.8 Å². The van der Waals surface area contributed by atoms with Crippen LogP contribution in [0.5, 0.6) is 0 Å². The van der Waals surface area contributed by atoms with Crippen molar-refractivity contribution in [3.05, 3.63) is 36.5 Å². The molecular weight excluding hydrogens is 866 g/mol. The molecule has 0 rings (SSSR count). The van der Waals surface area contributed by atoms with Crippen LogP contribution < -0.4 is 5.73 Å². The number of ether oxygens (including phenoxy) is 2. The molecular formula is C59H114NO7P. The summed E-state index contributed by atoms with van der Waals surface area (Å²) in [4.78, 5) is 22.7. The van der Waals surface area contributed by atoms with Crippen LogP contribution in [-0.2, 0) is 27.9 Å². The third kappa shape index (κ3) is 55.6. The van der Waals surface area contributed by atoms with E-state index in [1.54, 1.807) is 0 Å². The summed E-state index contributed by atoms with van der Waals surface area (Å²) < 4.78 is 33.7. The van der Waals surface area contributed by atoms with Gasteiger partial charge in [-0.3, -0.25) is 13.8 Å². The van der Waals surface area contributed by atoms with E-state index in [4.69, 9.17) is 24.3 Å². The molecule has 0 aliphatic heterocycles. The van der Waals surface area contributed by atoms with Crippen molar-refractivity contribution in [2.24, 2.45) is 5.73 Å². The van der Waals surface area contributed by atoms with Crippen molar-refractivity contribution in [1.29, 1.82) is 0 Å². The largest absolute Gasteiger partial charge is 0.472 e. The molecule has 0 heterocycles. The first-order valence-electron chi connectivity index (χ1n) is 29.5. The minimum absolute atomic E-state index is 0.0942. The minimum atomic E-state index is -4.29. The Morgan fingerprint density at radius 3 is 1.16 bits per heavy atom. The van der Waals surface area contributed by atoms with E-state index in [9.17, 15) is 14.3 Å². The third-order valence-corrected chi connectivity index (χ3v) is 14.0. The first-order valence-corrected chi connectivity index (χ1v) is 31.0. The first kappa shape index (κ1) is 66.7. The lowest BCUT2D eigenvalue weighted by molar-refractivity contribution is -0.154. The number of nitrogens with two attached hydrogens (primary N) is 1. The second kappa shape index (κ2) is 56.6. The normalized spacial score (nSPS) is 13.4. The van der Waals surface area contributed by atoms with Crippen LogP contribution in [0, 0.1) is 0 Å². The molecule has 0 bridgehead atoms. The highest BCUT2D eigenvalue weighted by molar-refractivity contribution is 7.47. The molecule has 0 aliphatic rings. The summed E-state index contributed by atoms with van der Waals surface area (Å²) in [5, 5.41) is 0. The van der Waals surface area contributed by atoms with Crippen LogP contribution in [0.15, 0.2) is 36.5 Å². The van der Waals surface area contributed by atoms with Crippen LogP contribution in [0.3, 0.4) is 0 Å². The Balaban J connectivity index is 3.85. The van der Waals surface area contributed by atoms with Crippen molar-refractivity contribution in [2.45, 2.75) is 302 Å². The number of hydrogen-bond donors (Lipinski definition) is 2. The summed E-state index contributed by atoms with van der Waals surface area (Å²) in [7, 11) is -4.29. The molecule has 9 heteroatoms. The number of unbranched alkanes of at least 4 members (excludes halogenated alkanes) is 38. The number of rotatable bonds is 57. The molecule has 0 aromatic heterocycles. The molecule has 0 radical (unpaired) electrons. The second-order valence-electron chi connectivity index (χ2n) is 19.9. The lowest BCUT2D eigenvalue weighted by atomic mass is 10.0. The molecule has 8 nitrogen and oxygen atoms in total. The zero-order chi connectivity index (χ0) is 49.4. The summed E-state index contributed by atoms with van der Waals surface area (Å²) in [6.07, 6.45) is 69.1. The molecule has 0 aromatic carbocycles. The van der Waals surface area contributed by atoms with Crippen LogP contribution in [0.25, 0.3) is 0 Å². The highest BCUT2D eigenvalue weighted by Crippen LogP contribution is 2.43. The first-order chi connectivity index (χ1) is 33.4. The smallest absolute Gasteiger partial charge is 0.457 e. The van der Waals surface area contributed by atoms with Crippen LogP contribution in [0.2, 0.25) is 0 Å². The number of esters is 1. The maximum Gasteiger partial charge on any atom is 0.472 e. The lowest BCUT2D eigenvalue weighted by Crippen LogP contribution is -2.28. The van der Waals surface area contributed by atoms with Crippen molar-refractivity contribution in [3.8, 4) is 0 Å². The summed E-state index contributed by atoms with van der Waals surface area (Å²) in [6.45, 7) is 4.97. The highest BCUT2D eigenvalue weighted by Gasteiger charge is 2.25. The van der Waals surface area contributed by atoms with Gasteiger partial charge >= 0.3 is 13.8 Å². The quantitative estimate of drug-likeness (QED) is 0.0268. The number of carbonyl (C=O) groups is 1. The minimum Gasteiger partial charge on any atom is -0.457 e. The average molecular weight is 981 g/mol. The van der Waals surface area contributed by atoms with Gasteiger partial charge in [0.15, 0.2) is 0 Å². The number of carbonyl (C=O) groups excluding carboxylic acids is 1. The Hall–Kier alpha value is -1.28. The molecule has 0 saturated carbocycles. The molecule has 0 spiro atoms. The van der Waals surface area contributed by atoms with Gasteiger partial charge in [-0.1, -0.05) is 256 Å². The maximum absolute atomic E-state index is 12.7. The fourth-order valence-electron chi connectivity index (χ4n) is 8.67. The average Bonchev–Trinajstić information content (AvgIpc) is 3.33. The van der Waals surface area contributed by atoms with E-state index in [1.165, 1.54) is 238 Å².